The van der Waals surface area contributed by atoms with Gasteiger partial charge in [0.25, 0.3) is 0 Å². The Labute approximate surface area is 63.5 Å². The van der Waals surface area contributed by atoms with Gasteiger partial charge in [-0.3, -0.25) is 0 Å². The first-order valence-corrected chi connectivity index (χ1v) is 4.27. The summed E-state index contributed by atoms with van der Waals surface area (Å²) in [7, 11) is 0. The van der Waals surface area contributed by atoms with Crippen LogP contribution in [0.15, 0.2) is 6.20 Å². The van der Waals surface area contributed by atoms with Gasteiger partial charge in [0.2, 0.25) is 0 Å². The molecule has 0 bridgehead atoms. The van der Waals surface area contributed by atoms with Crippen LogP contribution in [0.5, 0.6) is 0 Å². The van der Waals surface area contributed by atoms with Crippen molar-refractivity contribution in [3.63, 3.8) is 0 Å². The standard InChI is InChI=1S/C7H9NOS/c9-4-7-8-3-6(10-7)5-1-2-5/h3,5,9H,1-2,4H2. The number of aliphatic hydroxyl groups excluding tert-OH is 1. The van der Waals surface area contributed by atoms with Crippen molar-refractivity contribution in [1.82, 2.24) is 4.98 Å². The molecule has 1 aliphatic rings. The molecule has 0 amide bonds. The third kappa shape index (κ3) is 1.07. The van der Waals surface area contributed by atoms with Gasteiger partial charge >= 0.3 is 0 Å². The van der Waals surface area contributed by atoms with Gasteiger partial charge in [-0.1, -0.05) is 0 Å². The van der Waals surface area contributed by atoms with E-state index in [0.717, 1.165) is 10.9 Å². The Morgan fingerprint density at radius 3 is 3.00 bits per heavy atom. The van der Waals surface area contributed by atoms with Crippen LogP contribution in [-0.4, -0.2) is 10.1 Å². The SMILES string of the molecule is OCc1ncc(C2CC2)s1. The van der Waals surface area contributed by atoms with Crippen LogP contribution in [-0.2, 0) is 6.61 Å². The largest absolute Gasteiger partial charge is 0.389 e. The summed E-state index contributed by atoms with van der Waals surface area (Å²) in [6.07, 6.45) is 4.52. The fourth-order valence-corrected chi connectivity index (χ4v) is 1.90. The Morgan fingerprint density at radius 1 is 1.70 bits per heavy atom. The minimum Gasteiger partial charge on any atom is -0.389 e. The Bertz CT molecular complexity index is 229. The lowest BCUT2D eigenvalue weighted by Crippen LogP contribution is -1.75. The quantitative estimate of drug-likeness (QED) is 0.702. The second kappa shape index (κ2) is 2.32. The summed E-state index contributed by atoms with van der Waals surface area (Å²) in [5.74, 6) is 0.776. The molecule has 1 aromatic heterocycles. The number of hydrogen-bond donors (Lipinski definition) is 1. The first-order chi connectivity index (χ1) is 4.90. The van der Waals surface area contributed by atoms with Gasteiger partial charge in [-0.2, -0.15) is 0 Å². The molecule has 1 saturated carbocycles. The van der Waals surface area contributed by atoms with Crippen LogP contribution in [0.2, 0.25) is 0 Å². The van der Waals surface area contributed by atoms with E-state index in [2.05, 4.69) is 4.98 Å². The number of aliphatic hydroxyl groups is 1. The molecular formula is C7H9NOS. The minimum absolute atomic E-state index is 0.0946. The molecule has 0 unspecified atom stereocenters. The van der Waals surface area contributed by atoms with Crippen LogP contribution in [0.4, 0.5) is 0 Å². The molecule has 1 aliphatic carbocycles. The molecule has 0 aliphatic heterocycles. The van der Waals surface area contributed by atoms with Gasteiger partial charge in [-0.05, 0) is 18.8 Å². The van der Waals surface area contributed by atoms with E-state index in [1.807, 2.05) is 6.20 Å². The van der Waals surface area contributed by atoms with Gasteiger partial charge < -0.3 is 5.11 Å². The third-order valence-electron chi connectivity index (χ3n) is 1.69. The maximum absolute atomic E-state index is 8.70. The van der Waals surface area contributed by atoms with Gasteiger partial charge in [-0.25, -0.2) is 4.98 Å². The van der Waals surface area contributed by atoms with E-state index in [4.69, 9.17) is 5.11 Å². The third-order valence-corrected chi connectivity index (χ3v) is 2.83. The van der Waals surface area contributed by atoms with Crippen molar-refractivity contribution in [1.29, 1.82) is 0 Å². The highest BCUT2D eigenvalue weighted by molar-refractivity contribution is 7.11. The van der Waals surface area contributed by atoms with Gasteiger partial charge in [0.05, 0.1) is 6.61 Å². The highest BCUT2D eigenvalue weighted by Crippen LogP contribution is 2.42. The van der Waals surface area contributed by atoms with Crippen LogP contribution < -0.4 is 0 Å². The summed E-state index contributed by atoms with van der Waals surface area (Å²) < 4.78 is 0. The lowest BCUT2D eigenvalue weighted by atomic mass is 10.4. The fourth-order valence-electron chi connectivity index (χ4n) is 0.954. The molecule has 0 atom stereocenters. The molecule has 1 fully saturated rings. The number of hydrogen-bond acceptors (Lipinski definition) is 3. The number of rotatable bonds is 2. The molecule has 0 saturated heterocycles. The summed E-state index contributed by atoms with van der Waals surface area (Å²) in [4.78, 5) is 5.42. The summed E-state index contributed by atoms with van der Waals surface area (Å²) in [6.45, 7) is 0.0946. The Hall–Kier alpha value is -0.410. The summed E-state index contributed by atoms with van der Waals surface area (Å²) in [5.41, 5.74) is 0. The zero-order chi connectivity index (χ0) is 6.97. The smallest absolute Gasteiger partial charge is 0.118 e. The summed E-state index contributed by atoms with van der Waals surface area (Å²) >= 11 is 1.64. The predicted molar refractivity (Wildman–Crippen MR) is 40.0 cm³/mol. The van der Waals surface area contributed by atoms with Crippen molar-refractivity contribution in [2.75, 3.05) is 0 Å². The number of nitrogens with zero attached hydrogens (tertiary/aromatic N) is 1. The van der Waals surface area contributed by atoms with Crippen molar-refractivity contribution in [3.05, 3.63) is 16.1 Å². The van der Waals surface area contributed by atoms with Crippen molar-refractivity contribution in [3.8, 4) is 0 Å². The first-order valence-electron chi connectivity index (χ1n) is 3.45. The molecule has 0 radical (unpaired) electrons. The second-order valence-electron chi connectivity index (χ2n) is 2.59. The normalized spacial score (nSPS) is 17.7. The molecular weight excluding hydrogens is 146 g/mol. The fraction of sp³-hybridized carbons (Fsp3) is 0.571. The highest BCUT2D eigenvalue weighted by Gasteiger charge is 2.25. The van der Waals surface area contributed by atoms with Crippen molar-refractivity contribution < 1.29 is 5.11 Å². The van der Waals surface area contributed by atoms with E-state index in [0.29, 0.717) is 0 Å². The van der Waals surface area contributed by atoms with Crippen LogP contribution in [0.3, 0.4) is 0 Å². The average Bonchev–Trinajstić information content (AvgIpc) is 2.70. The summed E-state index contributed by atoms with van der Waals surface area (Å²) in [6, 6.07) is 0. The van der Waals surface area contributed by atoms with E-state index >= 15 is 0 Å². The lowest BCUT2D eigenvalue weighted by Gasteiger charge is -1.83. The average molecular weight is 155 g/mol. The Morgan fingerprint density at radius 2 is 2.50 bits per heavy atom. The lowest BCUT2D eigenvalue weighted by molar-refractivity contribution is 0.281. The molecule has 10 heavy (non-hydrogen) atoms. The molecule has 1 N–H and O–H groups in total. The monoisotopic (exact) mass is 155 g/mol. The zero-order valence-electron chi connectivity index (χ0n) is 5.58. The van der Waals surface area contributed by atoms with E-state index in [-0.39, 0.29) is 6.61 Å². The first kappa shape index (κ1) is 6.31. The molecule has 3 heteroatoms. The highest BCUT2D eigenvalue weighted by atomic mass is 32.1. The van der Waals surface area contributed by atoms with Crippen molar-refractivity contribution in [2.45, 2.75) is 25.4 Å². The Kier molecular flexibility index (Phi) is 1.47. The molecule has 2 nitrogen and oxygen atoms in total. The van der Waals surface area contributed by atoms with Gasteiger partial charge in [0, 0.05) is 11.1 Å². The van der Waals surface area contributed by atoms with Crippen molar-refractivity contribution >= 4 is 11.3 Å². The van der Waals surface area contributed by atoms with Crippen LogP contribution in [0.1, 0.15) is 28.6 Å². The molecule has 2 rings (SSSR count). The van der Waals surface area contributed by atoms with E-state index in [1.165, 1.54) is 17.7 Å². The topological polar surface area (TPSA) is 33.1 Å². The van der Waals surface area contributed by atoms with E-state index in [1.54, 1.807) is 11.3 Å². The maximum Gasteiger partial charge on any atom is 0.118 e. The molecule has 1 aromatic rings. The molecule has 0 aromatic carbocycles. The Balaban J connectivity index is 2.19. The number of aromatic nitrogens is 1. The van der Waals surface area contributed by atoms with E-state index in [9.17, 15) is 0 Å². The van der Waals surface area contributed by atoms with Gasteiger partial charge in [0.15, 0.2) is 0 Å². The van der Waals surface area contributed by atoms with Gasteiger partial charge in [-0.15, -0.1) is 11.3 Å². The number of thiazole rings is 1. The second-order valence-corrected chi connectivity index (χ2v) is 3.74. The predicted octanol–water partition coefficient (Wildman–Crippen LogP) is 1.51. The zero-order valence-corrected chi connectivity index (χ0v) is 6.40. The van der Waals surface area contributed by atoms with Crippen LogP contribution in [0, 0.1) is 0 Å². The van der Waals surface area contributed by atoms with Crippen molar-refractivity contribution in [2.24, 2.45) is 0 Å². The molecule has 54 valence electrons. The summed E-state index contributed by atoms with van der Waals surface area (Å²) in [5, 5.41) is 9.55. The maximum atomic E-state index is 8.70. The minimum atomic E-state index is 0.0946. The van der Waals surface area contributed by atoms with Crippen LogP contribution in [0.25, 0.3) is 0 Å². The van der Waals surface area contributed by atoms with E-state index < -0.39 is 0 Å². The molecule has 0 spiro atoms. The van der Waals surface area contributed by atoms with Crippen LogP contribution >= 0.6 is 11.3 Å². The molecule has 1 heterocycles. The van der Waals surface area contributed by atoms with Gasteiger partial charge in [0.1, 0.15) is 5.01 Å².